The maximum atomic E-state index is 8.38. The van der Waals surface area contributed by atoms with E-state index >= 15 is 0 Å². The third-order valence-electron chi connectivity index (χ3n) is 0. The molecule has 0 atom stereocenters. The van der Waals surface area contributed by atoms with Gasteiger partial charge in [-0.25, -0.2) is 0 Å². The molecule has 0 bridgehead atoms. The SMILES string of the molecule is [Cd].[O]=[Zn].[TeH2]. The van der Waals surface area contributed by atoms with E-state index in [1.54, 1.807) is 0 Å². The van der Waals surface area contributed by atoms with Gasteiger partial charge in [0.25, 0.3) is 0 Å². The molecule has 0 aromatic heterocycles. The maximum absolute atomic E-state index is 8.38. The fourth-order valence-corrected chi connectivity index (χ4v) is 0. The molecule has 0 aromatic carbocycles. The van der Waals surface area contributed by atoms with Gasteiger partial charge in [-0.05, 0) is 0 Å². The Hall–Kier alpha value is 2.14. The van der Waals surface area contributed by atoms with E-state index in [9.17, 15) is 0 Å². The van der Waals surface area contributed by atoms with Crippen LogP contribution in [0.4, 0.5) is 0 Å². The summed E-state index contributed by atoms with van der Waals surface area (Å²) in [6.45, 7) is 0. The summed E-state index contributed by atoms with van der Waals surface area (Å²) in [5.74, 6) is 0. The summed E-state index contributed by atoms with van der Waals surface area (Å²) < 4.78 is 8.38. The van der Waals surface area contributed by atoms with Gasteiger partial charge in [0.05, 0.1) is 0 Å². The van der Waals surface area contributed by atoms with Crippen molar-refractivity contribution < 1.29 is 49.1 Å². The van der Waals surface area contributed by atoms with Gasteiger partial charge in [-0.15, -0.1) is 0 Å². The molecule has 0 fully saturated rings. The van der Waals surface area contributed by atoms with Gasteiger partial charge in [0.2, 0.25) is 0 Å². The Morgan fingerprint density at radius 1 is 1.25 bits per heavy atom. The van der Waals surface area contributed by atoms with Crippen molar-refractivity contribution in [2.24, 2.45) is 0 Å². The standard InChI is InChI=1S/Cd.O.H2Te.Zn/h;;1H2;. The van der Waals surface area contributed by atoms with E-state index in [4.69, 9.17) is 3.57 Å². The summed E-state index contributed by atoms with van der Waals surface area (Å²) in [6.07, 6.45) is 0. The van der Waals surface area contributed by atoms with Crippen LogP contribution in [0, 0.1) is 0 Å². The normalized spacial score (nSPS) is 1.50. The van der Waals surface area contributed by atoms with Gasteiger partial charge in [0.1, 0.15) is 0 Å². The van der Waals surface area contributed by atoms with E-state index in [0.717, 1.165) is 0 Å². The third kappa shape index (κ3) is 8.92. The average molecular weight is 323 g/mol. The first-order valence-electron chi connectivity index (χ1n) is 0.289. The summed E-state index contributed by atoms with van der Waals surface area (Å²) >= 11 is 0.125. The molecular formula is H2CdOTeZn. The molecule has 0 unspecified atom stereocenters. The Kier molecular flexibility index (Phi) is 79.3. The quantitative estimate of drug-likeness (QED) is 0.521. The summed E-state index contributed by atoms with van der Waals surface area (Å²) in [4.78, 5) is 0. The molecule has 0 aliphatic rings. The molecule has 0 spiro atoms. The van der Waals surface area contributed by atoms with Crippen LogP contribution in [0.5, 0.6) is 0 Å². The van der Waals surface area contributed by atoms with E-state index in [1.165, 1.54) is 0 Å². The van der Waals surface area contributed by atoms with Crippen molar-refractivity contribution in [2.45, 2.75) is 0 Å². The Balaban J connectivity index is -0.00000000500. The first kappa shape index (κ1) is 16.5. The zero-order valence-corrected chi connectivity index (χ0v) is 12.2. The number of hydrogen-bond acceptors (Lipinski definition) is 1. The second-order valence-corrected chi connectivity index (χ2v) is 0. The molecule has 0 rings (SSSR count). The zero-order chi connectivity index (χ0) is 2.00. The Morgan fingerprint density at radius 2 is 1.25 bits per heavy atom. The summed E-state index contributed by atoms with van der Waals surface area (Å²) in [5.41, 5.74) is 0. The fourth-order valence-electron chi connectivity index (χ4n) is 0. The van der Waals surface area contributed by atoms with Gasteiger partial charge >= 0.3 is 45.5 Å². The molecule has 4 heteroatoms. The van der Waals surface area contributed by atoms with Gasteiger partial charge in [-0.2, -0.15) is 0 Å². The molecule has 0 N–H and O–H groups in total. The molecule has 0 aliphatic heterocycles. The molecule has 0 saturated carbocycles. The van der Waals surface area contributed by atoms with Crippen LogP contribution in [0.3, 0.4) is 0 Å². The molecule has 18 valence electrons. The van der Waals surface area contributed by atoms with Crippen molar-refractivity contribution in [2.75, 3.05) is 0 Å². The van der Waals surface area contributed by atoms with E-state index in [1.807, 2.05) is 0 Å². The monoisotopic (exact) mass is 326 g/mol. The van der Waals surface area contributed by atoms with Crippen molar-refractivity contribution >= 4 is 23.7 Å². The molecule has 0 aromatic rings. The molecule has 4 heavy (non-hydrogen) atoms. The van der Waals surface area contributed by atoms with Crippen molar-refractivity contribution in [3.8, 4) is 0 Å². The van der Waals surface area contributed by atoms with E-state index < -0.39 is 0 Å². The molecule has 0 heterocycles. The van der Waals surface area contributed by atoms with Crippen LogP contribution in [-0.2, 0) is 49.1 Å². The second kappa shape index (κ2) is 19.3. The minimum atomic E-state index is 0. The molecule has 0 saturated heterocycles. The van der Waals surface area contributed by atoms with Crippen LogP contribution in [0.2, 0.25) is 0 Å². The third-order valence-corrected chi connectivity index (χ3v) is 0. The second-order valence-electron chi connectivity index (χ2n) is 0. The van der Waals surface area contributed by atoms with Crippen molar-refractivity contribution in [1.29, 1.82) is 0 Å². The van der Waals surface area contributed by atoms with E-state index in [0.29, 0.717) is 0 Å². The molecule has 0 aliphatic carbocycles. The van der Waals surface area contributed by atoms with Crippen LogP contribution in [0.15, 0.2) is 0 Å². The van der Waals surface area contributed by atoms with Gasteiger partial charge in [0, 0.05) is 27.3 Å². The Morgan fingerprint density at radius 3 is 1.25 bits per heavy atom. The number of hydrogen-bond donors (Lipinski definition) is 0. The van der Waals surface area contributed by atoms with Gasteiger partial charge < -0.3 is 0 Å². The van der Waals surface area contributed by atoms with Crippen molar-refractivity contribution in [3.05, 3.63) is 0 Å². The van der Waals surface area contributed by atoms with E-state index in [2.05, 4.69) is 0 Å². The minimum absolute atomic E-state index is 0. The van der Waals surface area contributed by atoms with Crippen molar-refractivity contribution in [1.82, 2.24) is 0 Å². The molecule has 0 amide bonds. The molecular weight excluding hydrogens is 321 g/mol. The van der Waals surface area contributed by atoms with Crippen molar-refractivity contribution in [3.63, 3.8) is 0 Å². The van der Waals surface area contributed by atoms with Crippen LogP contribution < -0.4 is 0 Å². The van der Waals surface area contributed by atoms with Crippen LogP contribution in [0.1, 0.15) is 0 Å². The number of rotatable bonds is 0. The summed E-state index contributed by atoms with van der Waals surface area (Å²) in [6, 6.07) is 0. The van der Waals surface area contributed by atoms with E-state index in [-0.39, 0.29) is 69.2 Å². The topological polar surface area (TPSA) is 17.1 Å². The summed E-state index contributed by atoms with van der Waals surface area (Å²) in [5, 5.41) is 0. The summed E-state index contributed by atoms with van der Waals surface area (Å²) in [7, 11) is 0. The van der Waals surface area contributed by atoms with Gasteiger partial charge in [0.15, 0.2) is 0 Å². The Labute approximate surface area is 71.7 Å². The van der Waals surface area contributed by atoms with Gasteiger partial charge in [-0.3, -0.25) is 0 Å². The first-order chi connectivity index (χ1) is 1.00. The Bertz CT molecular complexity index is 8.00. The first-order valence-corrected chi connectivity index (χ1v) is 1.50. The van der Waals surface area contributed by atoms with Crippen LogP contribution in [-0.4, -0.2) is 23.7 Å². The zero-order valence-electron chi connectivity index (χ0n) is 2.32. The fraction of sp³-hybridized carbons (Fsp3) is 0. The van der Waals surface area contributed by atoms with Gasteiger partial charge in [-0.1, -0.05) is 0 Å². The molecule has 0 radical (unpaired) electrons. The predicted molar refractivity (Wildman–Crippen MR) is 9.23 cm³/mol. The predicted octanol–water partition coefficient (Wildman–Crippen LogP) is -1.04. The molecule has 1 nitrogen and oxygen atoms in total. The average Bonchev–Trinajstić information content (AvgIpc) is 1.00. The van der Waals surface area contributed by atoms with Crippen LogP contribution >= 0.6 is 0 Å². The van der Waals surface area contributed by atoms with Crippen LogP contribution in [0.25, 0.3) is 0 Å².